The van der Waals surface area contributed by atoms with Gasteiger partial charge in [-0.05, 0) is 68.8 Å². The van der Waals surface area contributed by atoms with Gasteiger partial charge in [0, 0.05) is 0 Å². The molecule has 5 heteroatoms. The summed E-state index contributed by atoms with van der Waals surface area (Å²) in [5.41, 5.74) is 4.03. The van der Waals surface area contributed by atoms with Crippen LogP contribution in [0.2, 0.25) is 0 Å². The van der Waals surface area contributed by atoms with Crippen LogP contribution in [0.4, 0.5) is 5.69 Å². The first-order valence-corrected chi connectivity index (χ1v) is 12.9. The molecule has 0 saturated heterocycles. The maximum Gasteiger partial charge on any atom is 0.257 e. The van der Waals surface area contributed by atoms with Crippen LogP contribution in [0.5, 0.6) is 11.5 Å². The van der Waals surface area contributed by atoms with E-state index in [1.807, 2.05) is 62.4 Å². The Morgan fingerprint density at radius 1 is 0.892 bits per heavy atom. The highest BCUT2D eigenvalue weighted by Crippen LogP contribution is 2.37. The highest BCUT2D eigenvalue weighted by Gasteiger charge is 2.29. The predicted molar refractivity (Wildman–Crippen MR) is 150 cm³/mol. The molecule has 5 nitrogen and oxygen atoms in total. The Morgan fingerprint density at radius 2 is 1.54 bits per heavy atom. The lowest BCUT2D eigenvalue weighted by Gasteiger charge is -2.29. The minimum atomic E-state index is -1.39. The van der Waals surface area contributed by atoms with Crippen molar-refractivity contribution in [1.29, 1.82) is 0 Å². The van der Waals surface area contributed by atoms with E-state index in [9.17, 15) is 15.0 Å². The minimum Gasteiger partial charge on any atom is -0.505 e. The Kier molecular flexibility index (Phi) is 8.38. The van der Waals surface area contributed by atoms with Gasteiger partial charge in [0.2, 0.25) is 0 Å². The number of hydrogen-bond donors (Lipinski definition) is 3. The smallest absolute Gasteiger partial charge is 0.257 e. The normalized spacial score (nSPS) is 12.9. The van der Waals surface area contributed by atoms with Gasteiger partial charge in [0.1, 0.15) is 18.1 Å². The molecule has 1 atom stereocenters. The number of anilines is 1. The highest BCUT2D eigenvalue weighted by atomic mass is 16.5. The quantitative estimate of drug-likeness (QED) is 0.294. The molecular weight excluding hydrogens is 462 g/mol. The number of rotatable bonds is 7. The summed E-state index contributed by atoms with van der Waals surface area (Å²) < 4.78 is 5.89. The number of carbonyl (C=O) groups excluding carboxylic acids is 1. The Hall–Kier alpha value is -3.31. The summed E-state index contributed by atoms with van der Waals surface area (Å²) in [6.45, 7) is 16.9. The van der Waals surface area contributed by atoms with Crippen molar-refractivity contribution < 1.29 is 19.7 Å². The number of aromatic hydroxyl groups is 1. The van der Waals surface area contributed by atoms with Crippen LogP contribution in [-0.4, -0.2) is 16.1 Å². The van der Waals surface area contributed by atoms with Crippen molar-refractivity contribution in [3.8, 4) is 11.5 Å². The molecule has 0 bridgehead atoms. The number of benzene rings is 3. The second kappa shape index (κ2) is 11.0. The van der Waals surface area contributed by atoms with Crippen molar-refractivity contribution >= 4 is 11.6 Å². The van der Waals surface area contributed by atoms with E-state index in [0.717, 1.165) is 22.4 Å². The third-order valence-corrected chi connectivity index (χ3v) is 6.50. The average molecular weight is 504 g/mol. The monoisotopic (exact) mass is 503 g/mol. The third-order valence-electron chi connectivity index (χ3n) is 6.50. The molecule has 0 aliphatic carbocycles. The molecule has 0 radical (unpaired) electrons. The van der Waals surface area contributed by atoms with Crippen LogP contribution in [0.1, 0.15) is 95.2 Å². The minimum absolute atomic E-state index is 0.00173. The zero-order valence-electron chi connectivity index (χ0n) is 23.3. The molecule has 0 fully saturated rings. The lowest BCUT2D eigenvalue weighted by molar-refractivity contribution is -0.124. The summed E-state index contributed by atoms with van der Waals surface area (Å²) in [6.07, 6.45) is -1.39. The Labute approximate surface area is 221 Å². The standard InChI is InChI=1S/C32H41NO4/c1-20(2)25-16-21(19-37-23-12-10-9-11-13-23)17-27(28(25)34)33-30(36)29(35)24-15-14-22(31(3,4)5)18-26(24)32(6,7)8/h9-18,20,29,34-35H,19H2,1-8H3,(H,33,36). The van der Waals surface area contributed by atoms with Gasteiger partial charge in [-0.1, -0.05) is 91.8 Å². The number of para-hydroxylation sites is 1. The largest absolute Gasteiger partial charge is 0.505 e. The number of ether oxygens (including phenoxy) is 1. The van der Waals surface area contributed by atoms with Crippen molar-refractivity contribution in [1.82, 2.24) is 0 Å². The summed E-state index contributed by atoms with van der Waals surface area (Å²) in [7, 11) is 0. The Morgan fingerprint density at radius 3 is 2.11 bits per heavy atom. The molecule has 1 amide bonds. The molecule has 3 N–H and O–H groups in total. The van der Waals surface area contributed by atoms with Crippen molar-refractivity contribution in [3.63, 3.8) is 0 Å². The van der Waals surface area contributed by atoms with Crippen molar-refractivity contribution in [2.45, 2.75) is 84.8 Å². The van der Waals surface area contributed by atoms with Gasteiger partial charge in [-0.25, -0.2) is 0 Å². The number of nitrogens with one attached hydrogen (secondary N) is 1. The molecule has 0 aliphatic heterocycles. The maximum absolute atomic E-state index is 13.3. The molecule has 198 valence electrons. The summed E-state index contributed by atoms with van der Waals surface area (Å²) >= 11 is 0. The number of hydrogen-bond acceptors (Lipinski definition) is 4. The van der Waals surface area contributed by atoms with Crippen molar-refractivity contribution in [3.05, 3.63) is 88.5 Å². The van der Waals surface area contributed by atoms with Gasteiger partial charge in [-0.2, -0.15) is 0 Å². The molecule has 0 aliphatic rings. The first-order valence-electron chi connectivity index (χ1n) is 12.9. The zero-order chi connectivity index (χ0) is 27.5. The van der Waals surface area contributed by atoms with Gasteiger partial charge in [-0.3, -0.25) is 4.79 Å². The number of carbonyl (C=O) groups is 1. The lowest BCUT2D eigenvalue weighted by atomic mass is 9.77. The summed E-state index contributed by atoms with van der Waals surface area (Å²) in [5, 5.41) is 24.9. The number of amides is 1. The van der Waals surface area contributed by atoms with E-state index in [-0.39, 0.29) is 34.8 Å². The molecular formula is C32H41NO4. The van der Waals surface area contributed by atoms with E-state index in [2.05, 4.69) is 52.9 Å². The summed E-state index contributed by atoms with van der Waals surface area (Å²) in [6, 6.07) is 19.0. The average Bonchev–Trinajstić information content (AvgIpc) is 2.82. The first kappa shape index (κ1) is 28.3. The molecule has 0 heterocycles. The van der Waals surface area contributed by atoms with Crippen LogP contribution >= 0.6 is 0 Å². The SMILES string of the molecule is CC(C)c1cc(COc2ccccc2)cc(NC(=O)C(O)c2ccc(C(C)(C)C)cc2C(C)(C)C)c1O. The molecule has 37 heavy (non-hydrogen) atoms. The summed E-state index contributed by atoms with van der Waals surface area (Å²) in [4.78, 5) is 13.3. The Bertz CT molecular complexity index is 1230. The first-order chi connectivity index (χ1) is 17.2. The van der Waals surface area contributed by atoms with Crippen LogP contribution in [0, 0.1) is 0 Å². The number of aliphatic hydroxyl groups is 1. The number of phenolic OH excluding ortho intramolecular Hbond substituents is 1. The van der Waals surface area contributed by atoms with Gasteiger partial charge < -0.3 is 20.3 Å². The molecule has 3 rings (SSSR count). The highest BCUT2D eigenvalue weighted by molar-refractivity contribution is 5.96. The summed E-state index contributed by atoms with van der Waals surface area (Å²) in [5.74, 6) is 0.157. The van der Waals surface area contributed by atoms with E-state index in [1.165, 1.54) is 0 Å². The topological polar surface area (TPSA) is 78.8 Å². The molecule has 0 saturated carbocycles. The van der Waals surface area contributed by atoms with Crippen molar-refractivity contribution in [2.75, 3.05) is 5.32 Å². The van der Waals surface area contributed by atoms with Crippen LogP contribution in [0.25, 0.3) is 0 Å². The molecule has 0 aromatic heterocycles. The van der Waals surface area contributed by atoms with E-state index >= 15 is 0 Å². The maximum atomic E-state index is 13.3. The van der Waals surface area contributed by atoms with Gasteiger partial charge in [0.05, 0.1) is 5.69 Å². The van der Waals surface area contributed by atoms with Gasteiger partial charge in [-0.15, -0.1) is 0 Å². The fraction of sp³-hybridized carbons (Fsp3) is 0.406. The van der Waals surface area contributed by atoms with Crippen molar-refractivity contribution in [2.24, 2.45) is 0 Å². The van der Waals surface area contributed by atoms with Gasteiger partial charge >= 0.3 is 0 Å². The molecule has 0 spiro atoms. The number of aliphatic hydroxyl groups excluding tert-OH is 1. The van der Waals surface area contributed by atoms with Gasteiger partial charge in [0.15, 0.2) is 6.10 Å². The van der Waals surface area contributed by atoms with Crippen LogP contribution in [0.3, 0.4) is 0 Å². The third kappa shape index (κ3) is 6.92. The Balaban J connectivity index is 1.92. The lowest BCUT2D eigenvalue weighted by Crippen LogP contribution is -2.26. The van der Waals surface area contributed by atoms with E-state index in [4.69, 9.17) is 4.74 Å². The zero-order valence-corrected chi connectivity index (χ0v) is 23.3. The fourth-order valence-corrected chi connectivity index (χ4v) is 4.27. The molecule has 1 unspecified atom stereocenters. The molecule has 3 aromatic carbocycles. The van der Waals surface area contributed by atoms with Crippen LogP contribution < -0.4 is 10.1 Å². The van der Waals surface area contributed by atoms with Gasteiger partial charge in [0.25, 0.3) is 5.91 Å². The van der Waals surface area contributed by atoms with Crippen LogP contribution in [-0.2, 0) is 22.2 Å². The van der Waals surface area contributed by atoms with Crippen LogP contribution in [0.15, 0.2) is 60.7 Å². The number of phenols is 1. The second-order valence-electron chi connectivity index (χ2n) is 12.0. The molecule has 3 aromatic rings. The van der Waals surface area contributed by atoms with E-state index < -0.39 is 12.0 Å². The predicted octanol–water partition coefficient (Wildman–Crippen LogP) is 7.36. The van der Waals surface area contributed by atoms with E-state index in [0.29, 0.717) is 11.1 Å². The second-order valence-corrected chi connectivity index (χ2v) is 12.0. The fourth-order valence-electron chi connectivity index (χ4n) is 4.27. The van der Waals surface area contributed by atoms with E-state index in [1.54, 1.807) is 6.07 Å².